The Morgan fingerprint density at radius 3 is 2.48 bits per heavy atom. The van der Waals surface area contributed by atoms with Crippen molar-refractivity contribution in [3.63, 3.8) is 0 Å². The minimum absolute atomic E-state index is 0.126. The van der Waals surface area contributed by atoms with E-state index in [1.807, 2.05) is 38.1 Å². The Kier molecular flexibility index (Phi) is 4.41. The van der Waals surface area contributed by atoms with Gasteiger partial charge in [0.05, 0.1) is 0 Å². The van der Waals surface area contributed by atoms with Crippen molar-refractivity contribution < 1.29 is 9.23 Å². The lowest BCUT2D eigenvalue weighted by Gasteiger charge is -2.36. The molecule has 2 aromatic carbocycles. The van der Waals surface area contributed by atoms with Crippen molar-refractivity contribution in [2.24, 2.45) is 21.5 Å². The molecule has 2 aromatic rings. The maximum atomic E-state index is 13.1. The molecule has 0 atom stereocenters. The zero-order valence-electron chi connectivity index (χ0n) is 14.1. The minimum Gasteiger partial charge on any atom is -0.368 e. The highest BCUT2D eigenvalue weighted by molar-refractivity contribution is 5.95. The molecule has 0 aromatic heterocycles. The minimum atomic E-state index is -0.746. The summed E-state index contributed by atoms with van der Waals surface area (Å²) in [6.07, 6.45) is 0. The summed E-state index contributed by atoms with van der Waals surface area (Å²) in [5.41, 5.74) is 13.6. The lowest BCUT2D eigenvalue weighted by atomic mass is 10.0. The van der Waals surface area contributed by atoms with Crippen molar-refractivity contribution in [1.29, 1.82) is 0 Å². The van der Waals surface area contributed by atoms with Gasteiger partial charge < -0.3 is 11.5 Å². The van der Waals surface area contributed by atoms with Crippen LogP contribution in [0.5, 0.6) is 0 Å². The van der Waals surface area contributed by atoms with Gasteiger partial charge in [-0.05, 0) is 48.7 Å². The van der Waals surface area contributed by atoms with Crippen LogP contribution < -0.4 is 11.5 Å². The number of nitrogens with two attached hydrogens (primary N) is 2. The fourth-order valence-corrected chi connectivity index (χ4v) is 2.64. The molecule has 3 rings (SSSR count). The highest BCUT2D eigenvalue weighted by Crippen LogP contribution is 2.23. The molecule has 0 saturated carbocycles. The normalized spacial score (nSPS) is 16.4. The van der Waals surface area contributed by atoms with E-state index < -0.39 is 5.66 Å². The van der Waals surface area contributed by atoms with Crippen LogP contribution in [0.3, 0.4) is 0 Å². The molecule has 0 bridgehead atoms. The Balaban J connectivity index is 1.75. The summed E-state index contributed by atoms with van der Waals surface area (Å²) in [5.74, 6) is 0.0259. The van der Waals surface area contributed by atoms with Gasteiger partial charge in [-0.15, -0.1) is 0 Å². The highest BCUT2D eigenvalue weighted by atomic mass is 19.1. The summed E-state index contributed by atoms with van der Waals surface area (Å²) in [6, 6.07) is 14.2. The van der Waals surface area contributed by atoms with Gasteiger partial charge in [0.1, 0.15) is 12.4 Å². The second kappa shape index (κ2) is 6.52. The predicted octanol–water partition coefficient (Wildman–Crippen LogP) is 2.61. The van der Waals surface area contributed by atoms with E-state index >= 15 is 0 Å². The molecule has 130 valence electrons. The molecule has 4 N–H and O–H groups in total. The molecule has 0 radical (unpaired) electrons. The number of guanidine groups is 2. The zero-order valence-corrected chi connectivity index (χ0v) is 14.1. The number of benzene rings is 2. The largest absolute Gasteiger partial charge is 0.368 e. The molecule has 25 heavy (non-hydrogen) atoms. The van der Waals surface area contributed by atoms with E-state index in [0.29, 0.717) is 0 Å². The molecule has 6 nitrogen and oxygen atoms in total. The smallest absolute Gasteiger partial charge is 0.226 e. The summed E-state index contributed by atoms with van der Waals surface area (Å²) in [5, 5.41) is 1.44. The highest BCUT2D eigenvalue weighted by Gasteiger charge is 2.33. The van der Waals surface area contributed by atoms with E-state index in [4.69, 9.17) is 16.3 Å². The molecule has 0 unspecified atom stereocenters. The van der Waals surface area contributed by atoms with E-state index in [-0.39, 0.29) is 24.3 Å². The van der Waals surface area contributed by atoms with Gasteiger partial charge in [-0.25, -0.2) is 9.38 Å². The summed E-state index contributed by atoms with van der Waals surface area (Å²) in [6.45, 7) is 3.94. The zero-order chi connectivity index (χ0) is 18.0. The van der Waals surface area contributed by atoms with Crippen molar-refractivity contribution in [1.82, 2.24) is 5.06 Å². The van der Waals surface area contributed by atoms with Gasteiger partial charge in [0.15, 0.2) is 5.66 Å². The average molecular weight is 341 g/mol. The number of rotatable bonds is 4. The van der Waals surface area contributed by atoms with Crippen LogP contribution in [-0.4, -0.2) is 22.6 Å². The second-order valence-corrected chi connectivity index (χ2v) is 6.21. The van der Waals surface area contributed by atoms with E-state index in [1.54, 1.807) is 12.1 Å². The first-order chi connectivity index (χ1) is 11.8. The molecule has 0 fully saturated rings. The summed E-state index contributed by atoms with van der Waals surface area (Å²) in [4.78, 5) is 14.0. The third-order valence-corrected chi connectivity index (χ3v) is 3.79. The molecule has 1 aliphatic heterocycles. The molecule has 1 aliphatic rings. The third-order valence-electron chi connectivity index (χ3n) is 3.79. The van der Waals surface area contributed by atoms with E-state index in [1.165, 1.54) is 17.2 Å². The first-order valence-electron chi connectivity index (χ1n) is 7.83. The Morgan fingerprint density at radius 2 is 1.80 bits per heavy atom. The van der Waals surface area contributed by atoms with Crippen LogP contribution in [-0.2, 0) is 11.4 Å². The van der Waals surface area contributed by atoms with Gasteiger partial charge in [0.25, 0.3) is 0 Å². The van der Waals surface area contributed by atoms with Gasteiger partial charge in [-0.2, -0.15) is 10.1 Å². The lowest BCUT2D eigenvalue weighted by Crippen LogP contribution is -2.53. The third kappa shape index (κ3) is 3.77. The molecule has 0 spiro atoms. The topological polar surface area (TPSA) is 89.2 Å². The first-order valence-corrected chi connectivity index (χ1v) is 7.83. The van der Waals surface area contributed by atoms with Crippen molar-refractivity contribution >= 4 is 11.9 Å². The van der Waals surface area contributed by atoms with E-state index in [9.17, 15) is 4.39 Å². The summed E-state index contributed by atoms with van der Waals surface area (Å²) < 4.78 is 13.1. The van der Waals surface area contributed by atoms with Gasteiger partial charge in [-0.3, -0.25) is 4.84 Å². The van der Waals surface area contributed by atoms with Crippen LogP contribution >= 0.6 is 0 Å². The average Bonchev–Trinajstić information content (AvgIpc) is 2.54. The van der Waals surface area contributed by atoms with Crippen LogP contribution in [0, 0.1) is 5.82 Å². The molecule has 7 heteroatoms. The number of aliphatic imine (C=N–C) groups is 2. The number of hydroxylamine groups is 2. The second-order valence-electron chi connectivity index (χ2n) is 6.21. The Labute approximate surface area is 145 Å². The van der Waals surface area contributed by atoms with Crippen LogP contribution in [0.15, 0.2) is 58.5 Å². The number of nitrogens with zero attached hydrogens (tertiary/aromatic N) is 3. The summed E-state index contributed by atoms with van der Waals surface area (Å²) in [7, 11) is 0. The number of halogens is 1. The van der Waals surface area contributed by atoms with Crippen LogP contribution in [0.1, 0.15) is 19.4 Å². The Bertz CT molecular complexity index is 830. The van der Waals surface area contributed by atoms with Gasteiger partial charge in [0.2, 0.25) is 11.9 Å². The molecule has 0 amide bonds. The number of hydrogen-bond acceptors (Lipinski definition) is 6. The molecular weight excluding hydrogens is 321 g/mol. The van der Waals surface area contributed by atoms with Gasteiger partial charge in [-0.1, -0.05) is 30.3 Å². The SMILES string of the molecule is CC1(C)N=C(N)N=C(N)N1OCc1cccc(-c2ccc(F)cc2)c1. The first kappa shape index (κ1) is 16.9. The Hall–Kier alpha value is -2.93. The lowest BCUT2D eigenvalue weighted by molar-refractivity contribution is -0.166. The number of hydrogen-bond donors (Lipinski definition) is 2. The van der Waals surface area contributed by atoms with Gasteiger partial charge >= 0.3 is 0 Å². The van der Waals surface area contributed by atoms with Crippen LogP contribution in [0.2, 0.25) is 0 Å². The van der Waals surface area contributed by atoms with E-state index in [2.05, 4.69) is 9.98 Å². The maximum Gasteiger partial charge on any atom is 0.226 e. The molecule has 0 saturated heterocycles. The van der Waals surface area contributed by atoms with E-state index in [0.717, 1.165) is 16.7 Å². The monoisotopic (exact) mass is 341 g/mol. The van der Waals surface area contributed by atoms with Crippen LogP contribution in [0.4, 0.5) is 4.39 Å². The van der Waals surface area contributed by atoms with Crippen molar-refractivity contribution in [2.75, 3.05) is 0 Å². The van der Waals surface area contributed by atoms with Crippen molar-refractivity contribution in [2.45, 2.75) is 26.1 Å². The van der Waals surface area contributed by atoms with Crippen molar-refractivity contribution in [3.8, 4) is 11.1 Å². The standard InChI is InChI=1S/C18H20FN5O/c1-18(2)23-16(20)22-17(21)24(18)25-11-12-4-3-5-14(10-12)13-6-8-15(19)9-7-13/h3-10H,11H2,1-2H3,(H4,20,21,22,23). The quantitative estimate of drug-likeness (QED) is 0.894. The molecular formula is C18H20FN5O. The predicted molar refractivity (Wildman–Crippen MR) is 95.8 cm³/mol. The molecule has 0 aliphatic carbocycles. The van der Waals surface area contributed by atoms with Gasteiger partial charge in [0, 0.05) is 0 Å². The fourth-order valence-electron chi connectivity index (χ4n) is 2.64. The molecule has 1 heterocycles. The Morgan fingerprint density at radius 1 is 1.08 bits per heavy atom. The van der Waals surface area contributed by atoms with Crippen LogP contribution in [0.25, 0.3) is 11.1 Å². The maximum absolute atomic E-state index is 13.1. The fraction of sp³-hybridized carbons (Fsp3) is 0.222. The van der Waals surface area contributed by atoms with Crippen molar-refractivity contribution in [3.05, 3.63) is 59.9 Å². The summed E-state index contributed by atoms with van der Waals surface area (Å²) >= 11 is 0.